The molecule has 0 unspecified atom stereocenters. The highest BCUT2D eigenvalue weighted by Gasteiger charge is 2.40. The molecule has 1 aromatic heterocycles. The maximum atomic E-state index is 13.5. The van der Waals surface area contributed by atoms with Crippen LogP contribution in [0.2, 0.25) is 0 Å². The summed E-state index contributed by atoms with van der Waals surface area (Å²) in [5, 5.41) is 10.8. The fourth-order valence-corrected chi connectivity index (χ4v) is 3.96. The van der Waals surface area contributed by atoms with Crippen LogP contribution in [0.4, 0.5) is 5.69 Å². The van der Waals surface area contributed by atoms with Crippen molar-refractivity contribution in [2.75, 3.05) is 12.8 Å². The van der Waals surface area contributed by atoms with Gasteiger partial charge in [-0.25, -0.2) is 0 Å². The summed E-state index contributed by atoms with van der Waals surface area (Å²) in [4.78, 5) is 16.9. The summed E-state index contributed by atoms with van der Waals surface area (Å²) >= 11 is 0. The third-order valence-corrected chi connectivity index (χ3v) is 5.44. The number of carbonyl (C=O) groups is 1. The van der Waals surface area contributed by atoms with Crippen LogP contribution in [0, 0.1) is 11.8 Å². The average molecular weight is 388 g/mol. The first-order chi connectivity index (χ1) is 13.5. The molecule has 5 heteroatoms. The van der Waals surface area contributed by atoms with Crippen LogP contribution in [0.3, 0.4) is 0 Å². The lowest BCUT2D eigenvalue weighted by molar-refractivity contribution is 0.103. The Balaban J connectivity index is 2.00. The van der Waals surface area contributed by atoms with Crippen LogP contribution in [-0.2, 0) is 5.41 Å². The van der Waals surface area contributed by atoms with Gasteiger partial charge in [0.1, 0.15) is 11.4 Å². The summed E-state index contributed by atoms with van der Waals surface area (Å²) in [6.07, 6.45) is 0. The molecule has 1 aliphatic carbocycles. The Morgan fingerprint density at radius 1 is 1.21 bits per heavy atom. The van der Waals surface area contributed by atoms with Crippen LogP contribution in [0.25, 0.3) is 10.9 Å². The topological polar surface area (TPSA) is 88.3 Å². The van der Waals surface area contributed by atoms with Crippen molar-refractivity contribution >= 4 is 22.4 Å². The molecule has 0 fully saturated rings. The second-order valence-corrected chi connectivity index (χ2v) is 8.54. The first-order valence-corrected chi connectivity index (χ1v) is 9.47. The molecule has 1 heterocycles. The fourth-order valence-electron chi connectivity index (χ4n) is 3.96. The highest BCUT2D eigenvalue weighted by atomic mass is 16.5. The number of aliphatic hydroxyl groups is 1. The Morgan fingerprint density at radius 3 is 2.59 bits per heavy atom. The number of aromatic nitrogens is 1. The predicted octanol–water partition coefficient (Wildman–Crippen LogP) is 3.75. The van der Waals surface area contributed by atoms with Gasteiger partial charge in [0, 0.05) is 33.3 Å². The van der Waals surface area contributed by atoms with Crippen LogP contribution in [-0.4, -0.2) is 28.6 Å². The van der Waals surface area contributed by atoms with E-state index in [4.69, 9.17) is 10.5 Å². The van der Waals surface area contributed by atoms with Crippen LogP contribution in [0.1, 0.15) is 60.4 Å². The molecule has 29 heavy (non-hydrogen) atoms. The van der Waals surface area contributed by atoms with E-state index in [1.807, 2.05) is 18.2 Å². The number of nitrogens with two attached hydrogens (primary N) is 1. The molecule has 4 rings (SSSR count). The SMILES string of the molecule is COc1cc2c(cc1C#CC(C)(C)O)C(=O)c1c([nH]c3cc(N)ccc13)C2(C)C. The van der Waals surface area contributed by atoms with Crippen LogP contribution in [0.5, 0.6) is 5.75 Å². The number of rotatable bonds is 1. The van der Waals surface area contributed by atoms with E-state index >= 15 is 0 Å². The van der Waals surface area contributed by atoms with Crippen molar-refractivity contribution in [3.63, 3.8) is 0 Å². The molecular formula is C24H24N2O3. The Morgan fingerprint density at radius 2 is 1.93 bits per heavy atom. The van der Waals surface area contributed by atoms with E-state index in [-0.39, 0.29) is 5.78 Å². The van der Waals surface area contributed by atoms with Crippen LogP contribution >= 0.6 is 0 Å². The number of hydrogen-bond donors (Lipinski definition) is 3. The minimum Gasteiger partial charge on any atom is -0.495 e. The number of ether oxygens (including phenoxy) is 1. The average Bonchev–Trinajstić information content (AvgIpc) is 3.03. The highest BCUT2D eigenvalue weighted by Crippen LogP contribution is 2.45. The summed E-state index contributed by atoms with van der Waals surface area (Å²) in [6.45, 7) is 7.39. The Labute approximate surface area is 169 Å². The minimum atomic E-state index is -1.14. The van der Waals surface area contributed by atoms with E-state index in [1.54, 1.807) is 33.1 Å². The molecule has 1 aliphatic rings. The van der Waals surface area contributed by atoms with E-state index in [0.717, 1.165) is 22.2 Å². The standard InChI is InChI=1S/C24H24N2O3/c1-23(2,28)9-8-13-10-16-17(12-19(13)29-5)24(3,4)22-20(21(16)27)15-7-6-14(25)11-18(15)26-22/h6-7,10-12,26,28H,25H2,1-5H3. The number of nitrogens with one attached hydrogen (secondary N) is 1. The molecule has 3 aromatic rings. The van der Waals surface area contributed by atoms with E-state index in [2.05, 4.69) is 30.7 Å². The zero-order valence-electron chi connectivity index (χ0n) is 17.2. The molecule has 0 spiro atoms. The third kappa shape index (κ3) is 2.97. The summed E-state index contributed by atoms with van der Waals surface area (Å²) in [5.41, 5.74) is 9.43. The lowest BCUT2D eigenvalue weighted by Crippen LogP contribution is -2.30. The smallest absolute Gasteiger partial charge is 0.195 e. The molecule has 148 valence electrons. The number of nitrogen functional groups attached to an aromatic ring is 1. The van der Waals surface area contributed by atoms with Crippen molar-refractivity contribution < 1.29 is 14.6 Å². The fraction of sp³-hybridized carbons (Fsp3) is 0.292. The number of benzene rings is 2. The summed E-state index contributed by atoms with van der Waals surface area (Å²) in [6, 6.07) is 9.20. The second kappa shape index (κ2) is 6.13. The molecule has 4 N–H and O–H groups in total. The third-order valence-electron chi connectivity index (χ3n) is 5.44. The summed E-state index contributed by atoms with van der Waals surface area (Å²) in [5.74, 6) is 6.28. The first-order valence-electron chi connectivity index (χ1n) is 9.47. The zero-order chi connectivity index (χ0) is 21.1. The Kier molecular flexibility index (Phi) is 4.04. The number of H-pyrrole nitrogens is 1. The van der Waals surface area contributed by atoms with Crippen molar-refractivity contribution in [1.29, 1.82) is 0 Å². The monoisotopic (exact) mass is 388 g/mol. The Bertz CT molecular complexity index is 1230. The normalized spacial score (nSPS) is 14.8. The molecule has 0 amide bonds. The van der Waals surface area contributed by atoms with Gasteiger partial charge in [0.25, 0.3) is 0 Å². The predicted molar refractivity (Wildman–Crippen MR) is 114 cm³/mol. The molecule has 2 aromatic carbocycles. The molecule has 0 saturated carbocycles. The van der Waals surface area contributed by atoms with Crippen molar-refractivity contribution in [2.45, 2.75) is 38.7 Å². The van der Waals surface area contributed by atoms with Gasteiger partial charge in [0.15, 0.2) is 5.78 Å². The maximum absolute atomic E-state index is 13.5. The number of hydrogen-bond acceptors (Lipinski definition) is 4. The number of carbonyl (C=O) groups excluding carboxylic acids is 1. The number of methoxy groups -OCH3 is 1. The summed E-state index contributed by atoms with van der Waals surface area (Å²) in [7, 11) is 1.58. The molecule has 0 aliphatic heterocycles. The largest absolute Gasteiger partial charge is 0.495 e. The zero-order valence-corrected chi connectivity index (χ0v) is 17.2. The second-order valence-electron chi connectivity index (χ2n) is 8.54. The van der Waals surface area contributed by atoms with Crippen LogP contribution < -0.4 is 10.5 Å². The number of anilines is 1. The minimum absolute atomic E-state index is 0.0562. The van der Waals surface area contributed by atoms with Gasteiger partial charge in [-0.2, -0.15) is 0 Å². The maximum Gasteiger partial charge on any atom is 0.195 e. The highest BCUT2D eigenvalue weighted by molar-refractivity contribution is 6.20. The van der Waals surface area contributed by atoms with Crippen molar-refractivity contribution in [1.82, 2.24) is 4.98 Å². The molecule has 0 radical (unpaired) electrons. The van der Waals surface area contributed by atoms with Gasteiger partial charge in [-0.05, 0) is 43.7 Å². The molecule has 0 atom stereocenters. The van der Waals surface area contributed by atoms with Crippen molar-refractivity contribution in [2.24, 2.45) is 0 Å². The van der Waals surface area contributed by atoms with Gasteiger partial charge in [-0.3, -0.25) is 4.79 Å². The van der Waals surface area contributed by atoms with E-state index in [9.17, 15) is 9.90 Å². The molecule has 5 nitrogen and oxygen atoms in total. The molecule has 0 bridgehead atoms. The lowest BCUT2D eigenvalue weighted by atomic mass is 9.71. The molecule has 0 saturated heterocycles. The van der Waals surface area contributed by atoms with Gasteiger partial charge in [-0.15, -0.1) is 0 Å². The van der Waals surface area contributed by atoms with Gasteiger partial charge < -0.3 is 20.6 Å². The summed E-state index contributed by atoms with van der Waals surface area (Å²) < 4.78 is 5.55. The van der Waals surface area contributed by atoms with Gasteiger partial charge in [0.2, 0.25) is 0 Å². The number of ketones is 1. The van der Waals surface area contributed by atoms with Crippen molar-refractivity contribution in [3.05, 3.63) is 58.3 Å². The quantitative estimate of drug-likeness (QED) is 0.438. The van der Waals surface area contributed by atoms with Gasteiger partial charge in [-0.1, -0.05) is 31.8 Å². The Hall–Kier alpha value is -3.23. The number of fused-ring (bicyclic) bond motifs is 4. The van der Waals surface area contributed by atoms with E-state index in [1.165, 1.54) is 0 Å². The lowest BCUT2D eigenvalue weighted by Gasteiger charge is -2.32. The van der Waals surface area contributed by atoms with Crippen molar-refractivity contribution in [3.8, 4) is 17.6 Å². The van der Waals surface area contributed by atoms with Gasteiger partial charge >= 0.3 is 0 Å². The first kappa shape index (κ1) is 19.1. The van der Waals surface area contributed by atoms with Crippen LogP contribution in [0.15, 0.2) is 30.3 Å². The number of aromatic amines is 1. The van der Waals surface area contributed by atoms with E-state index in [0.29, 0.717) is 28.1 Å². The molecular weight excluding hydrogens is 364 g/mol. The van der Waals surface area contributed by atoms with Gasteiger partial charge in [0.05, 0.1) is 18.2 Å². The van der Waals surface area contributed by atoms with E-state index < -0.39 is 11.0 Å².